The number of rotatable bonds is 6. The maximum Gasteiger partial charge on any atom is 0.227 e. The molecule has 1 aliphatic rings. The van der Waals surface area contributed by atoms with Crippen LogP contribution in [0.25, 0.3) is 0 Å². The average molecular weight is 227 g/mol. The van der Waals surface area contributed by atoms with Crippen LogP contribution in [0.4, 0.5) is 0 Å². The molecule has 3 heteroatoms. The maximum absolute atomic E-state index is 5.85. The summed E-state index contributed by atoms with van der Waals surface area (Å²) < 4.78 is 11.6. The van der Waals surface area contributed by atoms with Gasteiger partial charge in [0, 0.05) is 20.0 Å². The molecule has 1 aliphatic heterocycles. The zero-order valence-electron chi connectivity index (χ0n) is 11.1. The molecule has 0 aliphatic carbocycles. The van der Waals surface area contributed by atoms with E-state index in [4.69, 9.17) is 9.47 Å². The van der Waals surface area contributed by atoms with E-state index in [1.165, 1.54) is 5.57 Å². The van der Waals surface area contributed by atoms with Crippen molar-refractivity contribution in [3.63, 3.8) is 0 Å². The van der Waals surface area contributed by atoms with E-state index in [-0.39, 0.29) is 0 Å². The highest BCUT2D eigenvalue weighted by atomic mass is 16.7. The summed E-state index contributed by atoms with van der Waals surface area (Å²) in [5.74, 6) is -0.513. The zero-order chi connectivity index (χ0) is 12.0. The Morgan fingerprint density at radius 2 is 2.25 bits per heavy atom. The van der Waals surface area contributed by atoms with Crippen molar-refractivity contribution in [3.05, 3.63) is 11.6 Å². The molecule has 94 valence electrons. The number of nitrogens with zero attached hydrogens (tertiary/aromatic N) is 1. The quantitative estimate of drug-likeness (QED) is 0.514. The van der Waals surface area contributed by atoms with Crippen LogP contribution in [0.1, 0.15) is 40.5 Å². The summed E-state index contributed by atoms with van der Waals surface area (Å²) in [5.41, 5.74) is 1.34. The highest BCUT2D eigenvalue weighted by Gasteiger charge is 2.38. The van der Waals surface area contributed by atoms with Gasteiger partial charge in [-0.05, 0) is 20.3 Å². The minimum absolute atomic E-state index is 0.513. The standard InChI is InChI=1S/C13H25NO2/c1-5-6-10-15-13(4)14(9-11-16-13)8-7-12(2)3/h7H,5-6,8-11H2,1-4H3. The van der Waals surface area contributed by atoms with Crippen molar-refractivity contribution in [2.45, 2.75) is 46.4 Å². The minimum atomic E-state index is -0.513. The van der Waals surface area contributed by atoms with E-state index in [9.17, 15) is 0 Å². The van der Waals surface area contributed by atoms with Crippen molar-refractivity contribution in [3.8, 4) is 0 Å². The van der Waals surface area contributed by atoms with Crippen molar-refractivity contribution in [1.82, 2.24) is 4.90 Å². The largest absolute Gasteiger partial charge is 0.337 e. The summed E-state index contributed by atoms with van der Waals surface area (Å²) in [4.78, 5) is 2.25. The van der Waals surface area contributed by atoms with E-state index in [0.717, 1.165) is 39.1 Å². The van der Waals surface area contributed by atoms with E-state index in [1.807, 2.05) is 6.92 Å². The first kappa shape index (κ1) is 13.7. The topological polar surface area (TPSA) is 21.7 Å². The molecule has 0 aromatic rings. The van der Waals surface area contributed by atoms with Crippen LogP contribution in [-0.4, -0.2) is 37.1 Å². The molecule has 0 aromatic carbocycles. The SMILES string of the molecule is CCCCOC1(C)OCCN1CC=C(C)C. The fourth-order valence-corrected chi connectivity index (χ4v) is 1.73. The summed E-state index contributed by atoms with van der Waals surface area (Å²) in [5, 5.41) is 0. The molecule has 3 nitrogen and oxygen atoms in total. The van der Waals surface area contributed by atoms with E-state index in [0.29, 0.717) is 0 Å². The van der Waals surface area contributed by atoms with Gasteiger partial charge in [0.15, 0.2) is 0 Å². The van der Waals surface area contributed by atoms with Gasteiger partial charge in [-0.25, -0.2) is 4.90 Å². The van der Waals surface area contributed by atoms with Crippen LogP contribution in [0.2, 0.25) is 0 Å². The number of unbranched alkanes of at least 4 members (excludes halogenated alkanes) is 1. The van der Waals surface area contributed by atoms with Gasteiger partial charge >= 0.3 is 0 Å². The summed E-state index contributed by atoms with van der Waals surface area (Å²) in [6, 6.07) is 0. The highest BCUT2D eigenvalue weighted by molar-refractivity contribution is 4.96. The molecule has 0 aromatic heterocycles. The Hall–Kier alpha value is -0.380. The molecule has 0 bridgehead atoms. The fourth-order valence-electron chi connectivity index (χ4n) is 1.73. The smallest absolute Gasteiger partial charge is 0.227 e. The van der Waals surface area contributed by atoms with Gasteiger partial charge in [-0.1, -0.05) is 25.0 Å². The average Bonchev–Trinajstić information content (AvgIpc) is 2.57. The van der Waals surface area contributed by atoms with Crippen LogP contribution in [0.15, 0.2) is 11.6 Å². The molecule has 0 radical (unpaired) electrons. The summed E-state index contributed by atoms with van der Waals surface area (Å²) in [6.45, 7) is 11.8. The van der Waals surface area contributed by atoms with Crippen LogP contribution in [-0.2, 0) is 9.47 Å². The van der Waals surface area contributed by atoms with Gasteiger partial charge in [0.2, 0.25) is 5.91 Å². The number of hydrogen-bond acceptors (Lipinski definition) is 3. The molecule has 0 N–H and O–H groups in total. The molecule has 1 unspecified atom stereocenters. The summed E-state index contributed by atoms with van der Waals surface area (Å²) in [7, 11) is 0. The Bertz CT molecular complexity index is 236. The van der Waals surface area contributed by atoms with Gasteiger partial charge < -0.3 is 9.47 Å². The predicted octanol–water partition coefficient (Wildman–Crippen LogP) is 2.78. The fraction of sp³-hybridized carbons (Fsp3) is 0.846. The first-order valence-corrected chi connectivity index (χ1v) is 6.25. The van der Waals surface area contributed by atoms with Gasteiger partial charge in [0.05, 0.1) is 13.2 Å². The van der Waals surface area contributed by atoms with Crippen molar-refractivity contribution < 1.29 is 9.47 Å². The van der Waals surface area contributed by atoms with Crippen molar-refractivity contribution >= 4 is 0 Å². The second-order valence-corrected chi connectivity index (χ2v) is 4.68. The molecule has 1 fully saturated rings. The predicted molar refractivity (Wildman–Crippen MR) is 66.2 cm³/mol. The Morgan fingerprint density at radius 1 is 1.50 bits per heavy atom. The van der Waals surface area contributed by atoms with E-state index >= 15 is 0 Å². The molecule has 0 saturated carbocycles. The minimum Gasteiger partial charge on any atom is -0.337 e. The number of allylic oxidation sites excluding steroid dienone is 1. The van der Waals surface area contributed by atoms with Gasteiger partial charge in [0.25, 0.3) is 0 Å². The molecule has 1 saturated heterocycles. The molecule has 1 atom stereocenters. The van der Waals surface area contributed by atoms with Crippen molar-refractivity contribution in [2.75, 3.05) is 26.3 Å². The lowest BCUT2D eigenvalue weighted by Gasteiger charge is -2.32. The lowest BCUT2D eigenvalue weighted by atomic mass is 10.3. The Kier molecular flexibility index (Phi) is 5.46. The molecule has 1 rings (SSSR count). The molecule has 0 amide bonds. The first-order chi connectivity index (χ1) is 7.58. The molecule has 1 heterocycles. The van der Waals surface area contributed by atoms with Crippen LogP contribution >= 0.6 is 0 Å². The molecule has 0 spiro atoms. The normalized spacial score (nSPS) is 26.0. The van der Waals surface area contributed by atoms with E-state index in [2.05, 4.69) is 31.7 Å². The van der Waals surface area contributed by atoms with E-state index < -0.39 is 5.91 Å². The Morgan fingerprint density at radius 3 is 2.88 bits per heavy atom. The van der Waals surface area contributed by atoms with Crippen molar-refractivity contribution in [1.29, 1.82) is 0 Å². The Labute approximate surface area is 99.4 Å². The van der Waals surface area contributed by atoms with Crippen LogP contribution < -0.4 is 0 Å². The second kappa shape index (κ2) is 6.38. The third-order valence-corrected chi connectivity index (χ3v) is 2.89. The summed E-state index contributed by atoms with van der Waals surface area (Å²) >= 11 is 0. The maximum atomic E-state index is 5.85. The molecule has 16 heavy (non-hydrogen) atoms. The van der Waals surface area contributed by atoms with Gasteiger partial charge in [-0.3, -0.25) is 0 Å². The second-order valence-electron chi connectivity index (χ2n) is 4.68. The van der Waals surface area contributed by atoms with Crippen molar-refractivity contribution in [2.24, 2.45) is 0 Å². The number of hydrogen-bond donors (Lipinski definition) is 0. The van der Waals surface area contributed by atoms with E-state index in [1.54, 1.807) is 0 Å². The number of ether oxygens (including phenoxy) is 2. The third kappa shape index (κ3) is 3.89. The lowest BCUT2D eigenvalue weighted by Crippen LogP contribution is -2.45. The lowest BCUT2D eigenvalue weighted by molar-refractivity contribution is -0.261. The first-order valence-electron chi connectivity index (χ1n) is 6.25. The van der Waals surface area contributed by atoms with Crippen LogP contribution in [0.3, 0.4) is 0 Å². The summed E-state index contributed by atoms with van der Waals surface area (Å²) in [6.07, 6.45) is 4.47. The highest BCUT2D eigenvalue weighted by Crippen LogP contribution is 2.24. The molecular formula is C13H25NO2. The molecular weight excluding hydrogens is 202 g/mol. The van der Waals surface area contributed by atoms with Gasteiger partial charge in [-0.2, -0.15) is 0 Å². The monoisotopic (exact) mass is 227 g/mol. The zero-order valence-corrected chi connectivity index (χ0v) is 11.1. The van der Waals surface area contributed by atoms with Crippen LogP contribution in [0, 0.1) is 0 Å². The van der Waals surface area contributed by atoms with Gasteiger partial charge in [-0.15, -0.1) is 0 Å². The Balaban J connectivity index is 2.45. The van der Waals surface area contributed by atoms with Gasteiger partial charge in [0.1, 0.15) is 0 Å². The van der Waals surface area contributed by atoms with Crippen LogP contribution in [0.5, 0.6) is 0 Å². The third-order valence-electron chi connectivity index (χ3n) is 2.89.